The fraction of sp³-hybridized carbons (Fsp3) is 0.714. The van der Waals surface area contributed by atoms with Gasteiger partial charge in [0.15, 0.2) is 5.60 Å². The molecule has 3 nitrogen and oxygen atoms in total. The largest absolute Gasteiger partial charge is 0.502 e. The van der Waals surface area contributed by atoms with Crippen molar-refractivity contribution in [2.45, 2.75) is 18.7 Å². The highest BCUT2D eigenvalue weighted by Gasteiger charge is 2.51. The van der Waals surface area contributed by atoms with Gasteiger partial charge in [0.2, 0.25) is 0 Å². The van der Waals surface area contributed by atoms with Crippen LogP contribution in [0.4, 0.5) is 13.2 Å². The Morgan fingerprint density at radius 1 is 1.46 bits per heavy atom. The molecule has 0 bridgehead atoms. The molecule has 0 amide bonds. The first kappa shape index (κ1) is 12.2. The summed E-state index contributed by atoms with van der Waals surface area (Å²) >= 11 is 0. The van der Waals surface area contributed by atoms with Gasteiger partial charge in [-0.25, -0.2) is 0 Å². The predicted octanol–water partition coefficient (Wildman–Crippen LogP) is 0.789. The Labute approximate surface area is 74.0 Å². The summed E-state index contributed by atoms with van der Waals surface area (Å²) in [5, 5.41) is 8.97. The van der Waals surface area contributed by atoms with E-state index in [-0.39, 0.29) is 6.61 Å². The summed E-state index contributed by atoms with van der Waals surface area (Å²) < 4.78 is 40.8. The van der Waals surface area contributed by atoms with Crippen LogP contribution in [0.1, 0.15) is 6.92 Å². The van der Waals surface area contributed by atoms with Crippen LogP contribution in [0, 0.1) is 0 Å². The van der Waals surface area contributed by atoms with Gasteiger partial charge in [-0.3, -0.25) is 0 Å². The molecule has 0 aliphatic carbocycles. The van der Waals surface area contributed by atoms with E-state index in [1.54, 1.807) is 6.92 Å². The van der Waals surface area contributed by atoms with Gasteiger partial charge in [0.1, 0.15) is 0 Å². The van der Waals surface area contributed by atoms with Gasteiger partial charge in [-0.2, -0.15) is 13.2 Å². The molecule has 0 heterocycles. The predicted molar refractivity (Wildman–Crippen MR) is 40.8 cm³/mol. The van der Waals surface area contributed by atoms with Crippen LogP contribution in [0.2, 0.25) is 0 Å². The molecule has 0 aliphatic heterocycles. The molecule has 0 aromatic heterocycles. The molecule has 0 rings (SSSR count). The highest BCUT2D eigenvalue weighted by atomic mass is 19.4. The van der Waals surface area contributed by atoms with Gasteiger partial charge in [-0.05, 0) is 13.0 Å². The fourth-order valence-corrected chi connectivity index (χ4v) is 0.535. The van der Waals surface area contributed by atoms with Gasteiger partial charge < -0.3 is 15.6 Å². The van der Waals surface area contributed by atoms with E-state index in [4.69, 9.17) is 10.8 Å². The number of rotatable bonds is 4. The standard InChI is InChI=1S/C7H12F3NO2/c1-2-13-4-3-6(12,5-11)7(8,9)10/h3-4,12H,2,5,11H2,1H3/b4-3-/t6-/m0/s1. The van der Waals surface area contributed by atoms with Gasteiger partial charge in [0, 0.05) is 6.54 Å². The van der Waals surface area contributed by atoms with Gasteiger partial charge in [-0.1, -0.05) is 0 Å². The number of hydrogen-bond acceptors (Lipinski definition) is 3. The fourth-order valence-electron chi connectivity index (χ4n) is 0.535. The van der Waals surface area contributed by atoms with Crippen molar-refractivity contribution >= 4 is 0 Å². The number of alkyl halides is 3. The summed E-state index contributed by atoms with van der Waals surface area (Å²) in [6.07, 6.45) is -3.49. The zero-order chi connectivity index (χ0) is 10.5. The van der Waals surface area contributed by atoms with Crippen LogP contribution in [0.15, 0.2) is 12.3 Å². The lowest BCUT2D eigenvalue weighted by Gasteiger charge is -2.25. The Balaban J connectivity index is 4.46. The quantitative estimate of drug-likeness (QED) is 0.658. The number of nitrogens with two attached hydrogens (primary N) is 1. The summed E-state index contributed by atoms with van der Waals surface area (Å²) in [6, 6.07) is 0. The minimum Gasteiger partial charge on any atom is -0.502 e. The van der Waals surface area contributed by atoms with E-state index in [1.807, 2.05) is 0 Å². The molecule has 0 aromatic carbocycles. The first-order valence-corrected chi connectivity index (χ1v) is 3.66. The summed E-state index contributed by atoms with van der Waals surface area (Å²) in [7, 11) is 0. The second kappa shape index (κ2) is 4.48. The molecule has 0 unspecified atom stereocenters. The van der Waals surface area contributed by atoms with Crippen molar-refractivity contribution in [1.82, 2.24) is 0 Å². The van der Waals surface area contributed by atoms with Gasteiger partial charge >= 0.3 is 6.18 Å². The first-order chi connectivity index (χ1) is 5.87. The molecule has 0 aliphatic rings. The molecule has 0 radical (unpaired) electrons. The number of aliphatic hydroxyl groups is 1. The number of ether oxygens (including phenoxy) is 1. The molecule has 1 atom stereocenters. The van der Waals surface area contributed by atoms with E-state index in [1.165, 1.54) is 0 Å². The Hall–Kier alpha value is -0.750. The zero-order valence-electron chi connectivity index (χ0n) is 7.14. The van der Waals surface area contributed by atoms with Crippen molar-refractivity contribution in [2.75, 3.05) is 13.2 Å². The van der Waals surface area contributed by atoms with Crippen LogP contribution in [-0.2, 0) is 4.74 Å². The van der Waals surface area contributed by atoms with Gasteiger partial charge in [-0.15, -0.1) is 0 Å². The van der Waals surface area contributed by atoms with E-state index in [0.29, 0.717) is 6.08 Å². The number of hydrogen-bond donors (Lipinski definition) is 2. The lowest BCUT2D eigenvalue weighted by molar-refractivity contribution is -0.235. The second-order valence-corrected chi connectivity index (χ2v) is 2.38. The van der Waals surface area contributed by atoms with Crippen molar-refractivity contribution in [1.29, 1.82) is 0 Å². The lowest BCUT2D eigenvalue weighted by atomic mass is 10.0. The second-order valence-electron chi connectivity index (χ2n) is 2.38. The molecule has 6 heteroatoms. The van der Waals surface area contributed by atoms with Crippen molar-refractivity contribution in [2.24, 2.45) is 5.73 Å². The van der Waals surface area contributed by atoms with Crippen LogP contribution < -0.4 is 5.73 Å². The first-order valence-electron chi connectivity index (χ1n) is 3.66. The van der Waals surface area contributed by atoms with Gasteiger partial charge in [0.25, 0.3) is 0 Å². The third-order valence-corrected chi connectivity index (χ3v) is 1.41. The average molecular weight is 199 g/mol. The van der Waals surface area contributed by atoms with Crippen LogP contribution in [-0.4, -0.2) is 30.0 Å². The molecule has 0 saturated carbocycles. The highest BCUT2D eigenvalue weighted by molar-refractivity contribution is 5.04. The van der Waals surface area contributed by atoms with E-state index in [2.05, 4.69) is 4.74 Å². The Morgan fingerprint density at radius 2 is 2.00 bits per heavy atom. The molecule has 78 valence electrons. The maximum atomic E-state index is 12.1. The van der Waals surface area contributed by atoms with Crippen LogP contribution in [0.3, 0.4) is 0 Å². The summed E-state index contributed by atoms with van der Waals surface area (Å²) in [6.45, 7) is 0.911. The maximum absolute atomic E-state index is 12.1. The SMILES string of the molecule is CCO/C=C\[C@](O)(CN)C(F)(F)F. The monoisotopic (exact) mass is 199 g/mol. The third-order valence-electron chi connectivity index (χ3n) is 1.41. The molecular weight excluding hydrogens is 187 g/mol. The Kier molecular flexibility index (Phi) is 4.22. The normalized spacial score (nSPS) is 17.4. The Bertz CT molecular complexity index is 181. The molecule has 0 fully saturated rings. The van der Waals surface area contributed by atoms with Gasteiger partial charge in [0.05, 0.1) is 12.9 Å². The molecule has 0 spiro atoms. The zero-order valence-corrected chi connectivity index (χ0v) is 7.14. The maximum Gasteiger partial charge on any atom is 0.422 e. The molecule has 13 heavy (non-hydrogen) atoms. The Morgan fingerprint density at radius 3 is 2.31 bits per heavy atom. The van der Waals surface area contributed by atoms with E-state index >= 15 is 0 Å². The van der Waals surface area contributed by atoms with E-state index in [0.717, 1.165) is 6.26 Å². The van der Waals surface area contributed by atoms with Crippen LogP contribution >= 0.6 is 0 Å². The number of halogens is 3. The topological polar surface area (TPSA) is 55.5 Å². The van der Waals surface area contributed by atoms with Crippen molar-refractivity contribution in [3.8, 4) is 0 Å². The van der Waals surface area contributed by atoms with Crippen molar-refractivity contribution < 1.29 is 23.0 Å². The highest BCUT2D eigenvalue weighted by Crippen LogP contribution is 2.30. The average Bonchev–Trinajstić information content (AvgIpc) is 2.02. The van der Waals surface area contributed by atoms with Crippen molar-refractivity contribution in [3.05, 3.63) is 12.3 Å². The smallest absolute Gasteiger partial charge is 0.422 e. The van der Waals surface area contributed by atoms with E-state index < -0.39 is 18.3 Å². The summed E-state index contributed by atoms with van der Waals surface area (Å²) in [5.74, 6) is 0. The third kappa shape index (κ3) is 3.23. The molecule has 0 saturated heterocycles. The minimum absolute atomic E-state index is 0.231. The van der Waals surface area contributed by atoms with Crippen LogP contribution in [0.5, 0.6) is 0 Å². The molecular formula is C7H12F3NO2. The van der Waals surface area contributed by atoms with Crippen LogP contribution in [0.25, 0.3) is 0 Å². The molecule has 3 N–H and O–H groups in total. The summed E-state index contributed by atoms with van der Waals surface area (Å²) in [4.78, 5) is 0. The summed E-state index contributed by atoms with van der Waals surface area (Å²) in [5.41, 5.74) is 1.80. The minimum atomic E-state index is -4.78. The van der Waals surface area contributed by atoms with E-state index in [9.17, 15) is 13.2 Å². The molecule has 0 aromatic rings. The lowest BCUT2D eigenvalue weighted by Crippen LogP contribution is -2.49. The van der Waals surface area contributed by atoms with Crippen molar-refractivity contribution in [3.63, 3.8) is 0 Å².